The van der Waals surface area contributed by atoms with Crippen molar-refractivity contribution in [3.8, 4) is 5.75 Å². The Balaban J connectivity index is 0.00000243. The van der Waals surface area contributed by atoms with Crippen molar-refractivity contribution in [3.63, 3.8) is 0 Å². The molecule has 1 saturated heterocycles. The van der Waals surface area contributed by atoms with Gasteiger partial charge >= 0.3 is 0 Å². The SMILES string of the molecule is COc1cccc(N2CCN(C(=O)C(N)CC3CCCCC3)CC2)c1.Cl. The fourth-order valence-electron chi connectivity index (χ4n) is 4.11. The summed E-state index contributed by atoms with van der Waals surface area (Å²) in [6, 6.07) is 7.77. The molecule has 1 heterocycles. The number of ether oxygens (including phenoxy) is 1. The quantitative estimate of drug-likeness (QED) is 0.851. The molecular weight excluding hydrogens is 350 g/mol. The third-order valence-corrected chi connectivity index (χ3v) is 5.64. The molecule has 1 aromatic rings. The fourth-order valence-corrected chi connectivity index (χ4v) is 4.11. The first-order chi connectivity index (χ1) is 12.2. The number of nitrogens with two attached hydrogens (primary N) is 1. The average Bonchev–Trinajstić information content (AvgIpc) is 2.68. The van der Waals surface area contributed by atoms with Crippen molar-refractivity contribution in [1.82, 2.24) is 4.90 Å². The van der Waals surface area contributed by atoms with Crippen LogP contribution in [0.3, 0.4) is 0 Å². The van der Waals surface area contributed by atoms with Crippen LogP contribution in [0, 0.1) is 5.92 Å². The molecule has 146 valence electrons. The van der Waals surface area contributed by atoms with Crippen molar-refractivity contribution in [2.45, 2.75) is 44.6 Å². The smallest absolute Gasteiger partial charge is 0.239 e. The Morgan fingerprint density at radius 2 is 1.88 bits per heavy atom. The first-order valence-electron chi connectivity index (χ1n) is 9.60. The van der Waals surface area contributed by atoms with Crippen molar-refractivity contribution >= 4 is 24.0 Å². The lowest BCUT2D eigenvalue weighted by atomic mass is 9.84. The number of carbonyl (C=O) groups excluding carboxylic acids is 1. The van der Waals surface area contributed by atoms with E-state index in [9.17, 15) is 4.79 Å². The molecule has 0 spiro atoms. The Hall–Kier alpha value is -1.46. The van der Waals surface area contributed by atoms with Crippen molar-refractivity contribution in [2.75, 3.05) is 38.2 Å². The maximum Gasteiger partial charge on any atom is 0.239 e. The minimum absolute atomic E-state index is 0. The number of nitrogens with zero attached hydrogens (tertiary/aromatic N) is 2. The van der Waals surface area contributed by atoms with Gasteiger partial charge in [0.15, 0.2) is 0 Å². The largest absolute Gasteiger partial charge is 0.497 e. The number of anilines is 1. The van der Waals surface area contributed by atoms with E-state index in [4.69, 9.17) is 10.5 Å². The molecule has 1 saturated carbocycles. The molecule has 2 fully saturated rings. The number of piperazine rings is 1. The van der Waals surface area contributed by atoms with E-state index in [1.165, 1.54) is 32.1 Å². The molecule has 26 heavy (non-hydrogen) atoms. The third-order valence-electron chi connectivity index (χ3n) is 5.64. The first kappa shape index (κ1) is 20.8. The van der Waals surface area contributed by atoms with Crippen LogP contribution in [0.5, 0.6) is 5.75 Å². The van der Waals surface area contributed by atoms with E-state index in [1.807, 2.05) is 23.1 Å². The topological polar surface area (TPSA) is 58.8 Å². The monoisotopic (exact) mass is 381 g/mol. The number of methoxy groups -OCH3 is 1. The Bertz CT molecular complexity index is 570. The minimum Gasteiger partial charge on any atom is -0.497 e. The number of rotatable bonds is 5. The number of benzene rings is 1. The second-order valence-corrected chi connectivity index (χ2v) is 7.36. The molecule has 1 aromatic carbocycles. The molecule has 1 amide bonds. The molecule has 1 unspecified atom stereocenters. The van der Waals surface area contributed by atoms with Crippen LogP contribution in [0.15, 0.2) is 24.3 Å². The number of carbonyl (C=O) groups is 1. The van der Waals surface area contributed by atoms with Crippen molar-refractivity contribution < 1.29 is 9.53 Å². The normalized spacial score (nSPS) is 19.6. The summed E-state index contributed by atoms with van der Waals surface area (Å²) in [6.45, 7) is 3.17. The highest BCUT2D eigenvalue weighted by molar-refractivity contribution is 5.85. The van der Waals surface area contributed by atoms with Gasteiger partial charge in [0.25, 0.3) is 0 Å². The predicted molar refractivity (Wildman–Crippen MR) is 108 cm³/mol. The van der Waals surface area contributed by atoms with Gasteiger partial charge < -0.3 is 20.3 Å². The standard InChI is InChI=1S/C20H31N3O2.ClH/c1-25-18-9-5-8-17(15-18)22-10-12-23(13-11-22)20(24)19(21)14-16-6-3-2-4-7-16;/h5,8-9,15-16,19H,2-4,6-7,10-14,21H2,1H3;1H. The van der Waals surface area contributed by atoms with Gasteiger partial charge in [0.05, 0.1) is 13.2 Å². The molecular formula is C20H32ClN3O2. The van der Waals surface area contributed by atoms with Gasteiger partial charge in [-0.25, -0.2) is 0 Å². The van der Waals surface area contributed by atoms with Gasteiger partial charge in [0.2, 0.25) is 5.91 Å². The van der Waals surface area contributed by atoms with Gasteiger partial charge in [-0.1, -0.05) is 38.2 Å². The third kappa shape index (κ3) is 5.27. The fraction of sp³-hybridized carbons (Fsp3) is 0.650. The van der Waals surface area contributed by atoms with E-state index in [2.05, 4.69) is 11.0 Å². The Kier molecular flexibility index (Phi) is 8.04. The van der Waals surface area contributed by atoms with Crippen LogP contribution in [0.2, 0.25) is 0 Å². The zero-order valence-corrected chi connectivity index (χ0v) is 16.5. The second kappa shape index (κ2) is 10.0. The molecule has 3 rings (SSSR count). The van der Waals surface area contributed by atoms with Gasteiger partial charge in [-0.15, -0.1) is 12.4 Å². The molecule has 0 aromatic heterocycles. The van der Waals surface area contributed by atoms with Crippen LogP contribution in [0.4, 0.5) is 5.69 Å². The summed E-state index contributed by atoms with van der Waals surface area (Å²) in [5, 5.41) is 0. The van der Waals surface area contributed by atoms with E-state index < -0.39 is 0 Å². The van der Waals surface area contributed by atoms with Crippen LogP contribution in [0.1, 0.15) is 38.5 Å². The predicted octanol–water partition coefficient (Wildman–Crippen LogP) is 3.06. The van der Waals surface area contributed by atoms with Crippen LogP contribution < -0.4 is 15.4 Å². The number of hydrogen-bond acceptors (Lipinski definition) is 4. The summed E-state index contributed by atoms with van der Waals surface area (Å²) >= 11 is 0. The van der Waals surface area contributed by atoms with Crippen LogP contribution in [-0.4, -0.2) is 50.1 Å². The lowest BCUT2D eigenvalue weighted by molar-refractivity contribution is -0.133. The summed E-state index contributed by atoms with van der Waals surface area (Å²) in [7, 11) is 1.68. The molecule has 1 atom stereocenters. The summed E-state index contributed by atoms with van der Waals surface area (Å²) in [5.41, 5.74) is 7.39. The van der Waals surface area contributed by atoms with Gasteiger partial charge in [-0.3, -0.25) is 4.79 Å². The Morgan fingerprint density at radius 1 is 1.19 bits per heavy atom. The van der Waals surface area contributed by atoms with Gasteiger partial charge in [0, 0.05) is 37.9 Å². The van der Waals surface area contributed by atoms with Gasteiger partial charge in [0.1, 0.15) is 5.75 Å². The maximum atomic E-state index is 12.7. The number of halogens is 1. The van der Waals surface area contributed by atoms with Crippen molar-refractivity contribution in [2.24, 2.45) is 11.7 Å². The van der Waals surface area contributed by atoms with Crippen LogP contribution >= 0.6 is 12.4 Å². The lowest BCUT2D eigenvalue weighted by Gasteiger charge is -2.37. The maximum absolute atomic E-state index is 12.7. The highest BCUT2D eigenvalue weighted by Crippen LogP contribution is 2.27. The van der Waals surface area contributed by atoms with Crippen molar-refractivity contribution in [1.29, 1.82) is 0 Å². The molecule has 0 radical (unpaired) electrons. The zero-order chi connectivity index (χ0) is 17.6. The lowest BCUT2D eigenvalue weighted by Crippen LogP contribution is -2.53. The summed E-state index contributed by atoms with van der Waals surface area (Å²) in [6.07, 6.45) is 7.27. The van der Waals surface area contributed by atoms with E-state index in [0.717, 1.165) is 44.0 Å². The Morgan fingerprint density at radius 3 is 2.54 bits per heavy atom. The molecule has 5 nitrogen and oxygen atoms in total. The molecule has 1 aliphatic carbocycles. The molecule has 2 aliphatic rings. The van der Waals surface area contributed by atoms with Gasteiger partial charge in [-0.2, -0.15) is 0 Å². The molecule has 1 aliphatic heterocycles. The van der Waals surface area contributed by atoms with E-state index in [-0.39, 0.29) is 24.4 Å². The number of amides is 1. The highest BCUT2D eigenvalue weighted by Gasteiger charge is 2.27. The zero-order valence-electron chi connectivity index (χ0n) is 15.7. The summed E-state index contributed by atoms with van der Waals surface area (Å²) in [5.74, 6) is 1.65. The van der Waals surface area contributed by atoms with Crippen LogP contribution in [0.25, 0.3) is 0 Å². The molecule has 6 heteroatoms. The van der Waals surface area contributed by atoms with Gasteiger partial charge in [-0.05, 0) is 24.5 Å². The Labute approximate surface area is 163 Å². The van der Waals surface area contributed by atoms with E-state index >= 15 is 0 Å². The van der Waals surface area contributed by atoms with Crippen LogP contribution in [-0.2, 0) is 4.79 Å². The summed E-state index contributed by atoms with van der Waals surface area (Å²) < 4.78 is 5.30. The van der Waals surface area contributed by atoms with E-state index in [1.54, 1.807) is 7.11 Å². The second-order valence-electron chi connectivity index (χ2n) is 7.36. The number of hydrogen-bond donors (Lipinski definition) is 1. The molecule has 0 bridgehead atoms. The molecule has 2 N–H and O–H groups in total. The average molecular weight is 382 g/mol. The first-order valence-corrected chi connectivity index (χ1v) is 9.60. The highest BCUT2D eigenvalue weighted by atomic mass is 35.5. The minimum atomic E-state index is -0.327. The van der Waals surface area contributed by atoms with E-state index in [0.29, 0.717) is 5.92 Å². The van der Waals surface area contributed by atoms with Crippen molar-refractivity contribution in [3.05, 3.63) is 24.3 Å². The summed E-state index contributed by atoms with van der Waals surface area (Å²) in [4.78, 5) is 16.9.